The SMILES string of the molecule is CC(=O)c1cccc(NC(=O)C2CCC(CN)CC2)c1. The molecule has 108 valence electrons. The van der Waals surface area contributed by atoms with E-state index in [9.17, 15) is 9.59 Å². The first-order valence-corrected chi connectivity index (χ1v) is 7.22. The van der Waals surface area contributed by atoms with Crippen LogP contribution in [0.3, 0.4) is 0 Å². The summed E-state index contributed by atoms with van der Waals surface area (Å²) >= 11 is 0. The molecule has 1 fully saturated rings. The van der Waals surface area contributed by atoms with E-state index in [4.69, 9.17) is 5.73 Å². The van der Waals surface area contributed by atoms with Crippen LogP contribution in [0.2, 0.25) is 0 Å². The first kappa shape index (κ1) is 14.7. The molecule has 0 aliphatic heterocycles. The van der Waals surface area contributed by atoms with E-state index in [-0.39, 0.29) is 17.6 Å². The number of rotatable bonds is 4. The van der Waals surface area contributed by atoms with Gasteiger partial charge in [0.25, 0.3) is 0 Å². The normalized spacial score (nSPS) is 22.3. The van der Waals surface area contributed by atoms with Gasteiger partial charge >= 0.3 is 0 Å². The zero-order valence-electron chi connectivity index (χ0n) is 11.9. The van der Waals surface area contributed by atoms with Gasteiger partial charge < -0.3 is 11.1 Å². The van der Waals surface area contributed by atoms with Gasteiger partial charge in [0.2, 0.25) is 5.91 Å². The Morgan fingerprint density at radius 3 is 2.55 bits per heavy atom. The molecule has 1 amide bonds. The van der Waals surface area contributed by atoms with Crippen LogP contribution in [0.5, 0.6) is 0 Å². The van der Waals surface area contributed by atoms with Crippen molar-refractivity contribution in [1.82, 2.24) is 0 Å². The quantitative estimate of drug-likeness (QED) is 0.829. The molecule has 0 atom stereocenters. The van der Waals surface area contributed by atoms with Crippen molar-refractivity contribution in [2.75, 3.05) is 11.9 Å². The number of ketones is 1. The lowest BCUT2D eigenvalue weighted by molar-refractivity contribution is -0.121. The molecule has 1 aromatic carbocycles. The first-order chi connectivity index (χ1) is 9.60. The number of nitrogens with one attached hydrogen (secondary N) is 1. The second-order valence-corrected chi connectivity index (χ2v) is 5.58. The number of carbonyl (C=O) groups excluding carboxylic acids is 2. The molecule has 0 radical (unpaired) electrons. The summed E-state index contributed by atoms with van der Waals surface area (Å²) in [5.74, 6) is 0.699. The van der Waals surface area contributed by atoms with Gasteiger partial charge in [0.1, 0.15) is 0 Å². The van der Waals surface area contributed by atoms with Crippen molar-refractivity contribution in [3.05, 3.63) is 29.8 Å². The monoisotopic (exact) mass is 274 g/mol. The molecule has 0 aromatic heterocycles. The molecule has 1 aromatic rings. The van der Waals surface area contributed by atoms with Gasteiger partial charge in [-0.1, -0.05) is 12.1 Å². The molecule has 1 saturated carbocycles. The van der Waals surface area contributed by atoms with Gasteiger partial charge in [0.05, 0.1) is 0 Å². The number of hydrogen-bond donors (Lipinski definition) is 2. The predicted molar refractivity (Wildman–Crippen MR) is 79.6 cm³/mol. The summed E-state index contributed by atoms with van der Waals surface area (Å²) in [6.07, 6.45) is 3.87. The van der Waals surface area contributed by atoms with E-state index in [1.54, 1.807) is 18.2 Å². The van der Waals surface area contributed by atoms with Crippen LogP contribution in [0, 0.1) is 11.8 Å². The minimum Gasteiger partial charge on any atom is -0.330 e. The molecule has 2 rings (SSSR count). The number of hydrogen-bond acceptors (Lipinski definition) is 3. The maximum absolute atomic E-state index is 12.2. The van der Waals surface area contributed by atoms with Gasteiger partial charge in [-0.15, -0.1) is 0 Å². The minimum atomic E-state index is 0.00422. The lowest BCUT2D eigenvalue weighted by atomic mass is 9.81. The Labute approximate surface area is 119 Å². The van der Waals surface area contributed by atoms with Crippen LogP contribution in [0.4, 0.5) is 5.69 Å². The first-order valence-electron chi connectivity index (χ1n) is 7.22. The van der Waals surface area contributed by atoms with Crippen molar-refractivity contribution in [1.29, 1.82) is 0 Å². The van der Waals surface area contributed by atoms with Crippen molar-refractivity contribution < 1.29 is 9.59 Å². The number of nitrogens with two attached hydrogens (primary N) is 1. The predicted octanol–water partition coefficient (Wildman–Crippen LogP) is 2.59. The second-order valence-electron chi connectivity index (χ2n) is 5.58. The Hall–Kier alpha value is -1.68. The summed E-state index contributed by atoms with van der Waals surface area (Å²) in [4.78, 5) is 23.5. The standard InChI is InChI=1S/C16H22N2O2/c1-11(19)14-3-2-4-15(9-14)18-16(20)13-7-5-12(10-17)6-8-13/h2-4,9,12-13H,5-8,10,17H2,1H3,(H,18,20). The largest absolute Gasteiger partial charge is 0.330 e. The second kappa shape index (κ2) is 6.66. The van der Waals surface area contributed by atoms with E-state index in [2.05, 4.69) is 5.32 Å². The average molecular weight is 274 g/mol. The highest BCUT2D eigenvalue weighted by molar-refractivity contribution is 5.97. The third-order valence-electron chi connectivity index (χ3n) is 4.09. The zero-order valence-corrected chi connectivity index (χ0v) is 11.9. The molecular formula is C16H22N2O2. The lowest BCUT2D eigenvalue weighted by Crippen LogP contribution is -2.29. The third-order valence-corrected chi connectivity index (χ3v) is 4.09. The summed E-state index contributed by atoms with van der Waals surface area (Å²) in [7, 11) is 0. The van der Waals surface area contributed by atoms with Crippen LogP contribution in [0.1, 0.15) is 43.0 Å². The molecule has 1 aliphatic rings. The molecule has 0 spiro atoms. The lowest BCUT2D eigenvalue weighted by Gasteiger charge is -2.26. The van der Waals surface area contributed by atoms with Gasteiger partial charge in [-0.25, -0.2) is 0 Å². The summed E-state index contributed by atoms with van der Waals surface area (Å²) < 4.78 is 0. The van der Waals surface area contributed by atoms with Crippen LogP contribution in [0.15, 0.2) is 24.3 Å². The van der Waals surface area contributed by atoms with Gasteiger partial charge in [-0.05, 0) is 57.2 Å². The highest BCUT2D eigenvalue weighted by Crippen LogP contribution is 2.29. The van der Waals surface area contributed by atoms with Crippen molar-refractivity contribution in [3.63, 3.8) is 0 Å². The van der Waals surface area contributed by atoms with Crippen LogP contribution in [-0.4, -0.2) is 18.2 Å². The van der Waals surface area contributed by atoms with E-state index < -0.39 is 0 Å². The number of amides is 1. The van der Waals surface area contributed by atoms with Crippen LogP contribution >= 0.6 is 0 Å². The summed E-state index contributed by atoms with van der Waals surface area (Å²) in [6, 6.07) is 7.09. The molecular weight excluding hydrogens is 252 g/mol. The van der Waals surface area contributed by atoms with Crippen molar-refractivity contribution in [2.45, 2.75) is 32.6 Å². The Kier molecular flexibility index (Phi) is 4.90. The van der Waals surface area contributed by atoms with Gasteiger partial charge in [-0.2, -0.15) is 0 Å². The number of benzene rings is 1. The number of carbonyl (C=O) groups is 2. The minimum absolute atomic E-state index is 0.00422. The fraction of sp³-hybridized carbons (Fsp3) is 0.500. The van der Waals surface area contributed by atoms with Crippen LogP contribution in [-0.2, 0) is 4.79 Å². The van der Waals surface area contributed by atoms with Gasteiger partial charge in [0.15, 0.2) is 5.78 Å². The molecule has 4 heteroatoms. The topological polar surface area (TPSA) is 72.2 Å². The van der Waals surface area contributed by atoms with E-state index in [1.807, 2.05) is 6.07 Å². The Bertz CT molecular complexity index is 491. The summed E-state index contributed by atoms with van der Waals surface area (Å²) in [5.41, 5.74) is 6.98. The molecule has 0 bridgehead atoms. The van der Waals surface area contributed by atoms with Crippen LogP contribution in [0.25, 0.3) is 0 Å². The molecule has 0 heterocycles. The average Bonchev–Trinajstić information content (AvgIpc) is 2.47. The molecule has 20 heavy (non-hydrogen) atoms. The summed E-state index contributed by atoms with van der Waals surface area (Å²) in [6.45, 7) is 2.24. The smallest absolute Gasteiger partial charge is 0.227 e. The Balaban J connectivity index is 1.95. The highest BCUT2D eigenvalue weighted by atomic mass is 16.2. The van der Waals surface area contributed by atoms with Crippen molar-refractivity contribution in [2.24, 2.45) is 17.6 Å². The van der Waals surface area contributed by atoms with Crippen molar-refractivity contribution in [3.8, 4) is 0 Å². The van der Waals surface area contributed by atoms with Crippen LogP contribution < -0.4 is 11.1 Å². The molecule has 0 saturated heterocycles. The van der Waals surface area contributed by atoms with E-state index in [0.29, 0.717) is 17.2 Å². The highest BCUT2D eigenvalue weighted by Gasteiger charge is 2.25. The van der Waals surface area contributed by atoms with E-state index in [1.165, 1.54) is 6.92 Å². The molecule has 4 nitrogen and oxygen atoms in total. The Morgan fingerprint density at radius 1 is 1.25 bits per heavy atom. The zero-order chi connectivity index (χ0) is 14.5. The fourth-order valence-corrected chi connectivity index (χ4v) is 2.72. The fourth-order valence-electron chi connectivity index (χ4n) is 2.72. The van der Waals surface area contributed by atoms with E-state index >= 15 is 0 Å². The van der Waals surface area contributed by atoms with Gasteiger partial charge in [0, 0.05) is 17.2 Å². The molecule has 0 unspecified atom stereocenters. The van der Waals surface area contributed by atoms with Crippen molar-refractivity contribution >= 4 is 17.4 Å². The molecule has 1 aliphatic carbocycles. The Morgan fingerprint density at radius 2 is 1.95 bits per heavy atom. The molecule has 3 N–H and O–H groups in total. The van der Waals surface area contributed by atoms with Gasteiger partial charge in [-0.3, -0.25) is 9.59 Å². The number of Topliss-reactive ketones (excluding diaryl/α,β-unsaturated/α-hetero) is 1. The number of anilines is 1. The third kappa shape index (κ3) is 3.67. The maximum atomic E-state index is 12.2. The van der Waals surface area contributed by atoms with E-state index in [0.717, 1.165) is 32.2 Å². The summed E-state index contributed by atoms with van der Waals surface area (Å²) in [5, 5.41) is 2.92. The maximum Gasteiger partial charge on any atom is 0.227 e.